The summed E-state index contributed by atoms with van der Waals surface area (Å²) in [4.78, 5) is 8.58. The highest BCUT2D eigenvalue weighted by atomic mass is 15.3. The average Bonchev–Trinajstić information content (AvgIpc) is 2.83. The fraction of sp³-hybridized carbons (Fsp3) is 0.182. The quantitative estimate of drug-likeness (QED) is 0.677. The molecule has 3 rings (SSSR count). The number of aryl methyl sites for hydroxylation is 2. The summed E-state index contributed by atoms with van der Waals surface area (Å²) in [6.45, 7) is 3.92. The first-order valence-corrected chi connectivity index (χ1v) is 5.28. The van der Waals surface area contributed by atoms with Gasteiger partial charge in [-0.3, -0.25) is 0 Å². The molecule has 6 nitrogen and oxygen atoms in total. The molecule has 0 amide bonds. The van der Waals surface area contributed by atoms with Gasteiger partial charge in [0.2, 0.25) is 0 Å². The monoisotopic (exact) mass is 228 g/mol. The molecule has 0 radical (unpaired) electrons. The Bertz CT molecular complexity index is 693. The molecule has 0 aliphatic heterocycles. The van der Waals surface area contributed by atoms with Gasteiger partial charge in [-0.05, 0) is 19.9 Å². The van der Waals surface area contributed by atoms with Crippen molar-refractivity contribution in [1.29, 1.82) is 0 Å². The SMILES string of the molecule is Cc1cc(C)n(-c2nc(N)cn3ccnc23)n1. The Morgan fingerprint density at radius 1 is 1.29 bits per heavy atom. The Morgan fingerprint density at radius 2 is 2.12 bits per heavy atom. The number of aromatic nitrogens is 5. The fourth-order valence-electron chi connectivity index (χ4n) is 1.92. The summed E-state index contributed by atoms with van der Waals surface area (Å²) in [7, 11) is 0. The van der Waals surface area contributed by atoms with Crippen molar-refractivity contribution in [1.82, 2.24) is 24.1 Å². The van der Waals surface area contributed by atoms with Gasteiger partial charge in [0.25, 0.3) is 0 Å². The van der Waals surface area contributed by atoms with Crippen molar-refractivity contribution < 1.29 is 0 Å². The molecule has 3 heterocycles. The molecule has 3 aromatic rings. The molecular weight excluding hydrogens is 216 g/mol. The minimum Gasteiger partial charge on any atom is -0.382 e. The predicted molar refractivity (Wildman–Crippen MR) is 64.0 cm³/mol. The van der Waals surface area contributed by atoms with Crippen LogP contribution in [0.3, 0.4) is 0 Å². The summed E-state index contributed by atoms with van der Waals surface area (Å²) >= 11 is 0. The minimum absolute atomic E-state index is 0.443. The van der Waals surface area contributed by atoms with Gasteiger partial charge in [-0.1, -0.05) is 0 Å². The number of fused-ring (bicyclic) bond motifs is 1. The topological polar surface area (TPSA) is 74.0 Å². The van der Waals surface area contributed by atoms with Gasteiger partial charge >= 0.3 is 0 Å². The van der Waals surface area contributed by atoms with Gasteiger partial charge in [0.15, 0.2) is 11.5 Å². The first-order chi connectivity index (χ1) is 8.15. The second kappa shape index (κ2) is 3.31. The third-order valence-electron chi connectivity index (χ3n) is 2.59. The number of imidazole rings is 1. The summed E-state index contributed by atoms with van der Waals surface area (Å²) in [6.07, 6.45) is 5.28. The lowest BCUT2D eigenvalue weighted by Gasteiger charge is -2.06. The Morgan fingerprint density at radius 3 is 2.82 bits per heavy atom. The van der Waals surface area contributed by atoms with Crippen molar-refractivity contribution >= 4 is 11.5 Å². The Hall–Kier alpha value is -2.37. The van der Waals surface area contributed by atoms with E-state index in [1.165, 1.54) is 0 Å². The molecule has 0 aliphatic carbocycles. The Balaban J connectivity index is 2.36. The second-order valence-corrected chi connectivity index (χ2v) is 3.99. The van der Waals surface area contributed by atoms with E-state index < -0.39 is 0 Å². The summed E-state index contributed by atoms with van der Waals surface area (Å²) < 4.78 is 3.60. The number of hydrogen-bond acceptors (Lipinski definition) is 4. The van der Waals surface area contributed by atoms with Crippen LogP contribution in [0.1, 0.15) is 11.4 Å². The normalized spacial score (nSPS) is 11.2. The Kier molecular flexibility index (Phi) is 1.91. The smallest absolute Gasteiger partial charge is 0.199 e. The third kappa shape index (κ3) is 1.45. The summed E-state index contributed by atoms with van der Waals surface area (Å²) in [5.41, 5.74) is 8.46. The van der Waals surface area contributed by atoms with Gasteiger partial charge in [-0.2, -0.15) is 5.10 Å². The first-order valence-electron chi connectivity index (χ1n) is 5.28. The van der Waals surface area contributed by atoms with Crippen molar-refractivity contribution in [3.8, 4) is 5.82 Å². The van der Waals surface area contributed by atoms with Crippen LogP contribution in [0.2, 0.25) is 0 Å². The highest BCUT2D eigenvalue weighted by Crippen LogP contribution is 2.16. The van der Waals surface area contributed by atoms with Crippen LogP contribution in [0.5, 0.6) is 0 Å². The van der Waals surface area contributed by atoms with Gasteiger partial charge in [0.1, 0.15) is 5.82 Å². The van der Waals surface area contributed by atoms with Gasteiger partial charge in [-0.25, -0.2) is 14.6 Å². The van der Waals surface area contributed by atoms with Gasteiger partial charge in [0, 0.05) is 18.1 Å². The second-order valence-electron chi connectivity index (χ2n) is 3.99. The van der Waals surface area contributed by atoms with E-state index in [-0.39, 0.29) is 0 Å². The third-order valence-corrected chi connectivity index (χ3v) is 2.59. The number of rotatable bonds is 1. The zero-order valence-electron chi connectivity index (χ0n) is 9.62. The lowest BCUT2D eigenvalue weighted by molar-refractivity contribution is 0.805. The standard InChI is InChI=1S/C11H12N6/c1-7-5-8(2)17(15-7)11-10-13-3-4-16(10)6-9(12)14-11/h3-6H,12H2,1-2H3. The average molecular weight is 228 g/mol. The molecule has 0 atom stereocenters. The highest BCUT2D eigenvalue weighted by molar-refractivity contribution is 5.57. The molecule has 0 bridgehead atoms. The van der Waals surface area contributed by atoms with E-state index in [0.717, 1.165) is 17.0 Å². The number of nitrogens with two attached hydrogens (primary N) is 1. The molecule has 0 spiro atoms. The van der Waals surface area contributed by atoms with Gasteiger partial charge in [-0.15, -0.1) is 0 Å². The van der Waals surface area contributed by atoms with Crippen LogP contribution in [0.15, 0.2) is 24.7 Å². The molecular formula is C11H12N6. The predicted octanol–water partition coefficient (Wildman–Crippen LogP) is 1.11. The van der Waals surface area contributed by atoms with Crippen LogP contribution in [0, 0.1) is 13.8 Å². The first kappa shape index (κ1) is 9.83. The maximum atomic E-state index is 5.78. The molecule has 17 heavy (non-hydrogen) atoms. The van der Waals surface area contributed by atoms with E-state index in [1.54, 1.807) is 17.1 Å². The number of nitrogen functional groups attached to an aromatic ring is 1. The van der Waals surface area contributed by atoms with Crippen molar-refractivity contribution in [3.05, 3.63) is 36.0 Å². The van der Waals surface area contributed by atoms with Gasteiger partial charge < -0.3 is 10.1 Å². The zero-order valence-corrected chi connectivity index (χ0v) is 9.62. The Labute approximate surface area is 97.7 Å². The van der Waals surface area contributed by atoms with E-state index in [2.05, 4.69) is 15.1 Å². The van der Waals surface area contributed by atoms with Gasteiger partial charge in [0.05, 0.1) is 11.9 Å². The number of nitrogens with zero attached hydrogens (tertiary/aromatic N) is 5. The lowest BCUT2D eigenvalue weighted by atomic mass is 10.4. The van der Waals surface area contributed by atoms with Crippen LogP contribution in [-0.4, -0.2) is 24.1 Å². The van der Waals surface area contributed by atoms with Crippen LogP contribution < -0.4 is 5.73 Å². The highest BCUT2D eigenvalue weighted by Gasteiger charge is 2.11. The molecule has 0 aromatic carbocycles. The van der Waals surface area contributed by atoms with E-state index >= 15 is 0 Å². The van der Waals surface area contributed by atoms with Crippen molar-refractivity contribution in [2.45, 2.75) is 13.8 Å². The van der Waals surface area contributed by atoms with Crippen LogP contribution in [0.4, 0.5) is 5.82 Å². The maximum Gasteiger partial charge on any atom is 0.199 e. The summed E-state index contributed by atoms with van der Waals surface area (Å²) in [5, 5.41) is 4.40. The molecule has 0 saturated carbocycles. The van der Waals surface area contributed by atoms with Crippen molar-refractivity contribution in [2.75, 3.05) is 5.73 Å². The van der Waals surface area contributed by atoms with E-state index in [0.29, 0.717) is 11.6 Å². The van der Waals surface area contributed by atoms with E-state index in [1.807, 2.05) is 30.5 Å². The summed E-state index contributed by atoms with van der Waals surface area (Å²) in [5.74, 6) is 1.10. The van der Waals surface area contributed by atoms with Crippen LogP contribution >= 0.6 is 0 Å². The molecule has 6 heteroatoms. The van der Waals surface area contributed by atoms with Crippen LogP contribution in [-0.2, 0) is 0 Å². The van der Waals surface area contributed by atoms with E-state index in [4.69, 9.17) is 5.73 Å². The minimum atomic E-state index is 0.443. The molecule has 2 N–H and O–H groups in total. The summed E-state index contributed by atoms with van der Waals surface area (Å²) in [6, 6.07) is 1.99. The zero-order chi connectivity index (χ0) is 12.0. The molecule has 0 aliphatic rings. The largest absolute Gasteiger partial charge is 0.382 e. The van der Waals surface area contributed by atoms with Crippen molar-refractivity contribution in [2.24, 2.45) is 0 Å². The van der Waals surface area contributed by atoms with E-state index in [9.17, 15) is 0 Å². The molecule has 0 unspecified atom stereocenters. The molecule has 86 valence electrons. The fourth-order valence-corrected chi connectivity index (χ4v) is 1.92. The molecule has 0 saturated heterocycles. The van der Waals surface area contributed by atoms with Crippen molar-refractivity contribution in [3.63, 3.8) is 0 Å². The number of hydrogen-bond donors (Lipinski definition) is 1. The maximum absolute atomic E-state index is 5.78. The number of anilines is 1. The lowest BCUT2D eigenvalue weighted by Crippen LogP contribution is -2.07. The van der Waals surface area contributed by atoms with Crippen LogP contribution in [0.25, 0.3) is 11.5 Å². The molecule has 0 fully saturated rings. The molecule has 3 aromatic heterocycles.